The Morgan fingerprint density at radius 3 is 2.42 bits per heavy atom. The fraction of sp³-hybridized carbons (Fsp3) is 0.250. The van der Waals surface area contributed by atoms with Crippen molar-refractivity contribution in [3.05, 3.63) is 27.6 Å². The van der Waals surface area contributed by atoms with Gasteiger partial charge in [-0.15, -0.1) is 0 Å². The van der Waals surface area contributed by atoms with Crippen LogP contribution in [0.25, 0.3) is 6.08 Å². The summed E-state index contributed by atoms with van der Waals surface area (Å²) in [6.07, 6.45) is 2.19. The van der Waals surface area contributed by atoms with E-state index in [1.54, 1.807) is 6.07 Å². The molecule has 0 saturated heterocycles. The highest BCUT2D eigenvalue weighted by atomic mass is 35.5. The molecule has 7 heteroatoms. The molecule has 0 heterocycles. The Morgan fingerprint density at radius 1 is 1.37 bits per heavy atom. The Morgan fingerprint density at radius 2 is 2.00 bits per heavy atom. The minimum atomic E-state index is -3.58. The number of nitrogens with zero attached hydrogens (tertiary/aromatic N) is 1. The molecule has 1 aromatic carbocycles. The minimum Gasteiger partial charge on any atom is -0.493 e. The van der Waals surface area contributed by atoms with Crippen molar-refractivity contribution in [2.24, 2.45) is 0 Å². The molecule has 19 heavy (non-hydrogen) atoms. The number of ether oxygens (including phenoxy) is 2. The molecule has 0 amide bonds. The number of hydrogen-bond donors (Lipinski definition) is 0. The van der Waals surface area contributed by atoms with E-state index in [9.17, 15) is 8.42 Å². The molecule has 5 nitrogen and oxygen atoms in total. The maximum Gasteiger partial charge on any atom is 0.185 e. The van der Waals surface area contributed by atoms with E-state index >= 15 is 0 Å². The first-order valence-corrected chi connectivity index (χ1v) is 7.33. The first-order valence-electron chi connectivity index (χ1n) is 5.07. The van der Waals surface area contributed by atoms with E-state index in [1.165, 1.54) is 32.4 Å². The normalized spacial score (nSPS) is 11.8. The lowest BCUT2D eigenvalue weighted by atomic mass is 10.2. The largest absolute Gasteiger partial charge is 0.493 e. The van der Waals surface area contributed by atoms with Crippen molar-refractivity contribution in [2.75, 3.05) is 20.5 Å². The summed E-state index contributed by atoms with van der Waals surface area (Å²) in [7, 11) is -0.702. The molecule has 0 aliphatic rings. The SMILES string of the molecule is COc1cc(/C=C(/C#N)S(C)(=O)=O)cc(Cl)c1OC. The molecule has 0 saturated carbocycles. The number of allylic oxidation sites excluding steroid dienone is 1. The smallest absolute Gasteiger partial charge is 0.185 e. The average Bonchev–Trinajstić information content (AvgIpc) is 2.33. The van der Waals surface area contributed by atoms with E-state index in [-0.39, 0.29) is 9.93 Å². The number of nitriles is 1. The fourth-order valence-electron chi connectivity index (χ4n) is 1.39. The van der Waals surface area contributed by atoms with Crippen LogP contribution in [0.4, 0.5) is 0 Å². The van der Waals surface area contributed by atoms with Gasteiger partial charge >= 0.3 is 0 Å². The van der Waals surface area contributed by atoms with Crippen LogP contribution in [0.5, 0.6) is 11.5 Å². The maximum absolute atomic E-state index is 11.3. The van der Waals surface area contributed by atoms with Crippen molar-refractivity contribution >= 4 is 27.5 Å². The van der Waals surface area contributed by atoms with Crippen LogP contribution in [0.1, 0.15) is 5.56 Å². The Balaban J connectivity index is 3.43. The molecule has 0 bridgehead atoms. The summed E-state index contributed by atoms with van der Waals surface area (Å²) in [6.45, 7) is 0. The van der Waals surface area contributed by atoms with Crippen molar-refractivity contribution in [2.45, 2.75) is 0 Å². The highest BCUT2D eigenvalue weighted by Gasteiger charge is 2.14. The molecule has 0 unspecified atom stereocenters. The van der Waals surface area contributed by atoms with E-state index in [0.717, 1.165) is 6.26 Å². The number of methoxy groups -OCH3 is 2. The van der Waals surface area contributed by atoms with Crippen LogP contribution < -0.4 is 9.47 Å². The summed E-state index contributed by atoms with van der Waals surface area (Å²) in [4.78, 5) is -0.351. The zero-order valence-electron chi connectivity index (χ0n) is 10.6. The first-order chi connectivity index (χ1) is 8.83. The standard InChI is InChI=1S/C12H12ClNO4S/c1-17-11-6-8(5-10(13)12(11)18-2)4-9(7-14)19(3,15)16/h4-6H,1-3H3/b9-4-. The van der Waals surface area contributed by atoms with Crippen LogP contribution in [0.3, 0.4) is 0 Å². The van der Waals surface area contributed by atoms with Gasteiger partial charge in [0.25, 0.3) is 0 Å². The molecule has 0 aromatic heterocycles. The second kappa shape index (κ2) is 5.95. The van der Waals surface area contributed by atoms with Crippen molar-refractivity contribution in [1.29, 1.82) is 5.26 Å². The Bertz CT molecular complexity index is 659. The van der Waals surface area contributed by atoms with E-state index in [2.05, 4.69) is 0 Å². The van der Waals surface area contributed by atoms with Gasteiger partial charge < -0.3 is 9.47 Å². The summed E-state index contributed by atoms with van der Waals surface area (Å²) in [5.74, 6) is 0.700. The third-order valence-corrected chi connectivity index (χ3v) is 3.55. The molecular formula is C12H12ClNO4S. The molecule has 0 radical (unpaired) electrons. The molecule has 0 fully saturated rings. The summed E-state index contributed by atoms with van der Waals surface area (Å²) in [6, 6.07) is 4.66. The molecule has 0 atom stereocenters. The molecule has 102 valence electrons. The third kappa shape index (κ3) is 3.63. The van der Waals surface area contributed by atoms with Gasteiger partial charge in [0.15, 0.2) is 21.3 Å². The highest BCUT2D eigenvalue weighted by molar-refractivity contribution is 7.95. The molecule has 0 aliphatic carbocycles. The number of halogens is 1. The van der Waals surface area contributed by atoms with Crippen LogP contribution in [0, 0.1) is 11.3 Å². The summed E-state index contributed by atoms with van der Waals surface area (Å²) in [5.41, 5.74) is 0.435. The first kappa shape index (κ1) is 15.3. The molecule has 0 spiro atoms. The maximum atomic E-state index is 11.3. The Kier molecular flexibility index (Phi) is 4.81. The van der Waals surface area contributed by atoms with Gasteiger partial charge in [0, 0.05) is 6.26 Å². The van der Waals surface area contributed by atoms with Gasteiger partial charge in [0.2, 0.25) is 0 Å². The van der Waals surface area contributed by atoms with Gasteiger partial charge in [-0.1, -0.05) is 11.6 Å². The van der Waals surface area contributed by atoms with Gasteiger partial charge in [0.05, 0.1) is 19.2 Å². The Labute approximate surface area is 116 Å². The fourth-order valence-corrected chi connectivity index (χ4v) is 2.21. The highest BCUT2D eigenvalue weighted by Crippen LogP contribution is 2.36. The quantitative estimate of drug-likeness (QED) is 0.797. The molecule has 1 rings (SSSR count). The molecule has 0 N–H and O–H groups in total. The number of sulfone groups is 1. The lowest BCUT2D eigenvalue weighted by molar-refractivity contribution is 0.355. The zero-order valence-corrected chi connectivity index (χ0v) is 12.2. The molecule has 0 aliphatic heterocycles. The van der Waals surface area contributed by atoms with Gasteiger partial charge in [0.1, 0.15) is 11.0 Å². The van der Waals surface area contributed by atoms with Gasteiger partial charge in [-0.3, -0.25) is 0 Å². The summed E-state index contributed by atoms with van der Waals surface area (Å²) < 4.78 is 32.8. The number of rotatable bonds is 4. The van der Waals surface area contributed by atoms with Crippen LogP contribution >= 0.6 is 11.6 Å². The van der Waals surface area contributed by atoms with Gasteiger partial charge in [-0.05, 0) is 23.8 Å². The van der Waals surface area contributed by atoms with E-state index in [1.807, 2.05) is 0 Å². The molecule has 1 aromatic rings. The number of hydrogen-bond acceptors (Lipinski definition) is 5. The monoisotopic (exact) mass is 301 g/mol. The minimum absolute atomic E-state index is 0.263. The van der Waals surface area contributed by atoms with E-state index in [4.69, 9.17) is 26.3 Å². The van der Waals surface area contributed by atoms with Crippen molar-refractivity contribution < 1.29 is 17.9 Å². The Hall–Kier alpha value is -1.71. The van der Waals surface area contributed by atoms with Crippen LogP contribution in [0.2, 0.25) is 5.02 Å². The molecular weight excluding hydrogens is 290 g/mol. The van der Waals surface area contributed by atoms with Crippen LogP contribution in [-0.4, -0.2) is 28.9 Å². The second-order valence-corrected chi connectivity index (χ2v) is 6.02. The lowest BCUT2D eigenvalue weighted by Gasteiger charge is -2.10. The summed E-state index contributed by atoms with van der Waals surface area (Å²) >= 11 is 5.99. The van der Waals surface area contributed by atoms with E-state index in [0.29, 0.717) is 17.1 Å². The predicted octanol–water partition coefficient (Wildman–Crippen LogP) is 2.27. The van der Waals surface area contributed by atoms with E-state index < -0.39 is 9.84 Å². The average molecular weight is 302 g/mol. The third-order valence-electron chi connectivity index (χ3n) is 2.26. The van der Waals surface area contributed by atoms with Crippen molar-refractivity contribution in [3.8, 4) is 17.6 Å². The second-order valence-electron chi connectivity index (χ2n) is 3.63. The topological polar surface area (TPSA) is 76.4 Å². The van der Waals surface area contributed by atoms with Crippen LogP contribution in [0.15, 0.2) is 17.0 Å². The van der Waals surface area contributed by atoms with Crippen molar-refractivity contribution in [1.82, 2.24) is 0 Å². The summed E-state index contributed by atoms with van der Waals surface area (Å²) in [5, 5.41) is 9.10. The van der Waals surface area contributed by atoms with Gasteiger partial charge in [-0.2, -0.15) is 5.26 Å². The van der Waals surface area contributed by atoms with Crippen molar-refractivity contribution in [3.63, 3.8) is 0 Å². The predicted molar refractivity (Wildman–Crippen MR) is 73.0 cm³/mol. The van der Waals surface area contributed by atoms with Crippen LogP contribution in [-0.2, 0) is 9.84 Å². The zero-order chi connectivity index (χ0) is 14.6. The lowest BCUT2D eigenvalue weighted by Crippen LogP contribution is -1.98. The number of benzene rings is 1. The van der Waals surface area contributed by atoms with Gasteiger partial charge in [-0.25, -0.2) is 8.42 Å².